The molecule has 3 atom stereocenters. The maximum Gasteiger partial charge on any atom is 0.299 e. The zero-order valence-corrected chi connectivity index (χ0v) is 16.6. The van der Waals surface area contributed by atoms with Gasteiger partial charge in [0.25, 0.3) is 6.01 Å². The Hall–Kier alpha value is -2.76. The number of amides is 1. The highest BCUT2D eigenvalue weighted by atomic mass is 16.5. The summed E-state index contributed by atoms with van der Waals surface area (Å²) in [6.45, 7) is 0.773. The van der Waals surface area contributed by atoms with E-state index in [9.17, 15) is 4.79 Å². The maximum atomic E-state index is 13.5. The molecule has 0 spiro atoms. The summed E-state index contributed by atoms with van der Waals surface area (Å²) in [7, 11) is 1.70. The predicted molar refractivity (Wildman–Crippen MR) is 109 cm³/mol. The second-order valence-electron chi connectivity index (χ2n) is 8.46. The number of aromatic nitrogens is 1. The maximum absolute atomic E-state index is 13.5. The van der Waals surface area contributed by atoms with Crippen LogP contribution in [0.3, 0.4) is 0 Å². The minimum Gasteiger partial charge on any atom is -0.497 e. The Morgan fingerprint density at radius 1 is 1.24 bits per heavy atom. The molecule has 1 aromatic carbocycles. The molecule has 3 aliphatic heterocycles. The summed E-state index contributed by atoms with van der Waals surface area (Å²) in [5.41, 5.74) is 3.55. The molecule has 150 valence electrons. The fourth-order valence-corrected chi connectivity index (χ4v) is 5.65. The number of piperazine rings is 1. The van der Waals surface area contributed by atoms with Crippen LogP contribution in [0.5, 0.6) is 5.75 Å². The molecule has 6 heteroatoms. The molecule has 1 amide bonds. The molecule has 2 bridgehead atoms. The molecule has 4 aliphatic rings. The van der Waals surface area contributed by atoms with Gasteiger partial charge in [-0.1, -0.05) is 12.1 Å². The molecule has 0 radical (unpaired) electrons. The molecule has 1 aliphatic carbocycles. The molecule has 0 saturated carbocycles. The third kappa shape index (κ3) is 2.47. The van der Waals surface area contributed by atoms with Gasteiger partial charge in [-0.3, -0.25) is 4.79 Å². The highest BCUT2D eigenvalue weighted by Crippen LogP contribution is 2.46. The first kappa shape index (κ1) is 17.1. The Labute approximate surface area is 170 Å². The van der Waals surface area contributed by atoms with Crippen LogP contribution in [0.15, 0.2) is 28.7 Å². The van der Waals surface area contributed by atoms with Gasteiger partial charge in [-0.25, -0.2) is 0 Å². The van der Waals surface area contributed by atoms with E-state index in [0.29, 0.717) is 6.01 Å². The van der Waals surface area contributed by atoms with E-state index in [1.54, 1.807) is 7.11 Å². The van der Waals surface area contributed by atoms with Crippen LogP contribution in [0, 0.1) is 0 Å². The van der Waals surface area contributed by atoms with E-state index in [1.165, 1.54) is 11.1 Å². The highest BCUT2D eigenvalue weighted by Gasteiger charge is 2.52. The van der Waals surface area contributed by atoms with Crippen LogP contribution in [0.1, 0.15) is 54.3 Å². The average molecular weight is 391 g/mol. The van der Waals surface area contributed by atoms with E-state index < -0.39 is 0 Å². The van der Waals surface area contributed by atoms with E-state index in [0.717, 1.165) is 62.3 Å². The fraction of sp³-hybridized carbons (Fsp3) is 0.478. The number of piperidine rings is 1. The van der Waals surface area contributed by atoms with Gasteiger partial charge in [0, 0.05) is 6.54 Å². The molecule has 29 heavy (non-hydrogen) atoms. The number of hydrogen-bond donors (Lipinski definition) is 0. The van der Waals surface area contributed by atoms with Gasteiger partial charge in [-0.05, 0) is 67.9 Å². The van der Waals surface area contributed by atoms with Crippen molar-refractivity contribution in [2.75, 3.05) is 18.6 Å². The van der Waals surface area contributed by atoms with Crippen molar-refractivity contribution in [1.82, 2.24) is 9.88 Å². The highest BCUT2D eigenvalue weighted by molar-refractivity contribution is 5.88. The lowest BCUT2D eigenvalue weighted by Crippen LogP contribution is -2.66. The van der Waals surface area contributed by atoms with Gasteiger partial charge in [0.2, 0.25) is 5.91 Å². The summed E-state index contributed by atoms with van der Waals surface area (Å²) in [4.78, 5) is 22.7. The molecule has 0 N–H and O–H groups in total. The van der Waals surface area contributed by atoms with E-state index in [-0.39, 0.29) is 24.0 Å². The standard InChI is InChI=1S/C23H25N3O3/c1-28-15-9-10-16-14(13-15)11-12-25-21(16)18-6-4-7-19(22(25)27)26(18)23-24-17-5-2-3-8-20(17)29-23/h3,8-10,13,18-19,21H,2,4-7,11-12H2,1H3. The van der Waals surface area contributed by atoms with E-state index in [1.807, 2.05) is 12.1 Å². The molecule has 2 fully saturated rings. The second kappa shape index (κ2) is 6.37. The molecule has 3 unspecified atom stereocenters. The van der Waals surface area contributed by atoms with Crippen molar-refractivity contribution in [3.8, 4) is 5.75 Å². The zero-order chi connectivity index (χ0) is 19.5. The lowest BCUT2D eigenvalue weighted by molar-refractivity contribution is -0.141. The number of fused-ring (bicyclic) bond motifs is 7. The number of methoxy groups -OCH3 is 1. The van der Waals surface area contributed by atoms with Crippen LogP contribution >= 0.6 is 0 Å². The number of ether oxygens (including phenoxy) is 1. The fourth-order valence-electron chi connectivity index (χ4n) is 5.65. The molecule has 6 nitrogen and oxygen atoms in total. The summed E-state index contributed by atoms with van der Waals surface area (Å²) < 4.78 is 11.6. The van der Waals surface area contributed by atoms with Crippen molar-refractivity contribution >= 4 is 18.0 Å². The summed E-state index contributed by atoms with van der Waals surface area (Å²) in [5, 5.41) is 0. The van der Waals surface area contributed by atoms with Gasteiger partial charge in [0.15, 0.2) is 5.76 Å². The number of allylic oxidation sites excluding steroid dienone is 1. The lowest BCUT2D eigenvalue weighted by Gasteiger charge is -2.55. The van der Waals surface area contributed by atoms with Crippen LogP contribution in [-0.4, -0.2) is 41.5 Å². The van der Waals surface area contributed by atoms with Gasteiger partial charge in [0.1, 0.15) is 11.8 Å². The van der Waals surface area contributed by atoms with Crippen molar-refractivity contribution in [2.45, 2.75) is 56.7 Å². The Morgan fingerprint density at radius 3 is 3.03 bits per heavy atom. The number of carbonyl (C=O) groups is 1. The minimum absolute atomic E-state index is 0.0492. The summed E-state index contributed by atoms with van der Waals surface area (Å²) in [5.74, 6) is 1.96. The Morgan fingerprint density at radius 2 is 2.17 bits per heavy atom. The first-order chi connectivity index (χ1) is 14.2. The predicted octanol–water partition coefficient (Wildman–Crippen LogP) is 3.51. The minimum atomic E-state index is -0.158. The van der Waals surface area contributed by atoms with Crippen molar-refractivity contribution in [3.05, 3.63) is 46.9 Å². The summed E-state index contributed by atoms with van der Waals surface area (Å²) in [6.07, 6.45) is 9.91. The molecule has 2 saturated heterocycles. The van der Waals surface area contributed by atoms with Crippen molar-refractivity contribution in [1.29, 1.82) is 0 Å². The largest absolute Gasteiger partial charge is 0.497 e. The monoisotopic (exact) mass is 391 g/mol. The molecule has 6 rings (SSSR count). The number of nitrogens with zero attached hydrogens (tertiary/aromatic N) is 3. The first-order valence-electron chi connectivity index (χ1n) is 10.7. The lowest BCUT2D eigenvalue weighted by atomic mass is 9.79. The Balaban J connectivity index is 1.45. The topological polar surface area (TPSA) is 58.8 Å². The van der Waals surface area contributed by atoms with Gasteiger partial charge in [-0.2, -0.15) is 4.98 Å². The molecular weight excluding hydrogens is 366 g/mol. The normalized spacial score (nSPS) is 27.3. The number of carbonyl (C=O) groups excluding carboxylic acids is 1. The molecule has 2 aromatic rings. The van der Waals surface area contributed by atoms with E-state index in [2.05, 4.69) is 28.0 Å². The van der Waals surface area contributed by atoms with E-state index in [4.69, 9.17) is 14.1 Å². The van der Waals surface area contributed by atoms with Crippen molar-refractivity contribution in [2.24, 2.45) is 0 Å². The van der Waals surface area contributed by atoms with E-state index >= 15 is 0 Å². The third-order valence-electron chi connectivity index (χ3n) is 6.98. The van der Waals surface area contributed by atoms with Crippen LogP contribution in [0.25, 0.3) is 6.08 Å². The summed E-state index contributed by atoms with van der Waals surface area (Å²) >= 11 is 0. The average Bonchev–Trinajstić information content (AvgIpc) is 3.20. The quantitative estimate of drug-likeness (QED) is 0.784. The number of rotatable bonds is 2. The number of hydrogen-bond acceptors (Lipinski definition) is 5. The third-order valence-corrected chi connectivity index (χ3v) is 6.98. The van der Waals surface area contributed by atoms with Gasteiger partial charge in [-0.15, -0.1) is 0 Å². The zero-order valence-electron chi connectivity index (χ0n) is 16.6. The number of benzene rings is 1. The molecule has 1 aromatic heterocycles. The SMILES string of the molecule is COc1ccc2c(c1)CCN1C(=O)C3CCCC(C21)N3c1nc2c(o1)C=CCC2. The summed E-state index contributed by atoms with van der Waals surface area (Å²) in [6, 6.07) is 7.01. The number of anilines is 1. The van der Waals surface area contributed by atoms with Crippen LogP contribution in [-0.2, 0) is 17.6 Å². The van der Waals surface area contributed by atoms with Gasteiger partial charge >= 0.3 is 0 Å². The Bertz CT molecular complexity index is 1010. The first-order valence-corrected chi connectivity index (χ1v) is 10.7. The molecular formula is C23H25N3O3. The van der Waals surface area contributed by atoms with Crippen molar-refractivity contribution in [3.63, 3.8) is 0 Å². The van der Waals surface area contributed by atoms with Crippen LogP contribution in [0.4, 0.5) is 6.01 Å². The van der Waals surface area contributed by atoms with Crippen molar-refractivity contribution < 1.29 is 13.9 Å². The van der Waals surface area contributed by atoms with Crippen LogP contribution < -0.4 is 9.64 Å². The molecule has 4 heterocycles. The Kier molecular flexibility index (Phi) is 3.76. The van der Waals surface area contributed by atoms with Gasteiger partial charge < -0.3 is 19.0 Å². The number of oxazole rings is 1. The smallest absolute Gasteiger partial charge is 0.299 e. The second-order valence-corrected chi connectivity index (χ2v) is 8.46. The van der Waals surface area contributed by atoms with Crippen LogP contribution in [0.2, 0.25) is 0 Å². The van der Waals surface area contributed by atoms with Gasteiger partial charge in [0.05, 0.1) is 24.9 Å². The number of aryl methyl sites for hydroxylation is 1.